The average molecular weight is 346 g/mol. The number of carbonyl (C=O) groups excluding carboxylic acids is 1. The number of rotatable bonds is 7. The maximum absolute atomic E-state index is 12.4. The van der Waals surface area contributed by atoms with Crippen LogP contribution in [0.3, 0.4) is 0 Å². The fourth-order valence-corrected chi connectivity index (χ4v) is 2.83. The number of ether oxygens (including phenoxy) is 1. The fourth-order valence-electron chi connectivity index (χ4n) is 2.83. The minimum atomic E-state index is -0.196. The highest BCUT2D eigenvalue weighted by Crippen LogP contribution is 2.32. The molecule has 1 saturated heterocycles. The molecule has 8 heteroatoms. The lowest BCUT2D eigenvalue weighted by molar-refractivity contribution is 0.0949. The Hall–Kier alpha value is -2.45. The number of nitrogens with one attached hydrogen (secondary N) is 1. The van der Waals surface area contributed by atoms with Crippen molar-refractivity contribution < 1.29 is 19.2 Å². The quantitative estimate of drug-likeness (QED) is 0.770. The molecule has 0 bridgehead atoms. The summed E-state index contributed by atoms with van der Waals surface area (Å²) in [6, 6.07) is 3.43. The lowest BCUT2D eigenvalue weighted by Gasteiger charge is -2.47. The molecule has 25 heavy (non-hydrogen) atoms. The summed E-state index contributed by atoms with van der Waals surface area (Å²) in [4.78, 5) is 18.8. The summed E-state index contributed by atoms with van der Waals surface area (Å²) in [6.07, 6.45) is 3.12. The summed E-state index contributed by atoms with van der Waals surface area (Å²) in [5.74, 6) is 0.544. The second-order valence-electron chi connectivity index (χ2n) is 6.63. The smallest absolute Gasteiger partial charge is 0.251 e. The Labute approximate surface area is 145 Å². The molecule has 0 spiro atoms. The van der Waals surface area contributed by atoms with Crippen molar-refractivity contribution in [3.05, 3.63) is 41.4 Å². The third kappa shape index (κ3) is 3.80. The van der Waals surface area contributed by atoms with Crippen molar-refractivity contribution in [3.8, 4) is 0 Å². The van der Waals surface area contributed by atoms with Gasteiger partial charge in [-0.1, -0.05) is 12.1 Å². The number of anilines is 1. The molecule has 3 heterocycles. The van der Waals surface area contributed by atoms with Gasteiger partial charge in [0.1, 0.15) is 17.8 Å². The zero-order chi connectivity index (χ0) is 17.9. The molecule has 0 saturated carbocycles. The van der Waals surface area contributed by atoms with Crippen molar-refractivity contribution in [2.45, 2.75) is 20.1 Å². The van der Waals surface area contributed by atoms with Gasteiger partial charge in [0.15, 0.2) is 0 Å². The molecule has 2 aromatic rings. The number of methoxy groups -OCH3 is 1. The van der Waals surface area contributed by atoms with Gasteiger partial charge in [0.25, 0.3) is 5.91 Å². The SMILES string of the molecule is COCc1nocc1CNC(=O)c1ccnc(N2CC(C)(CO)C2)c1. The number of hydrogen-bond acceptors (Lipinski definition) is 7. The predicted octanol–water partition coefficient (Wildman–Crippen LogP) is 0.965. The van der Waals surface area contributed by atoms with Crippen LogP contribution in [-0.4, -0.2) is 48.0 Å². The van der Waals surface area contributed by atoms with E-state index in [0.717, 1.165) is 24.5 Å². The summed E-state index contributed by atoms with van der Waals surface area (Å²) in [5.41, 5.74) is 1.90. The van der Waals surface area contributed by atoms with E-state index in [1.165, 1.54) is 6.26 Å². The lowest BCUT2D eigenvalue weighted by atomic mass is 9.83. The Balaban J connectivity index is 1.61. The number of aliphatic hydroxyl groups excluding tert-OH is 1. The fraction of sp³-hybridized carbons (Fsp3) is 0.471. The monoisotopic (exact) mass is 346 g/mol. The van der Waals surface area contributed by atoms with Crippen molar-refractivity contribution in [2.75, 3.05) is 31.7 Å². The van der Waals surface area contributed by atoms with Crippen molar-refractivity contribution in [1.82, 2.24) is 15.5 Å². The molecule has 8 nitrogen and oxygen atoms in total. The summed E-state index contributed by atoms with van der Waals surface area (Å²) >= 11 is 0. The second kappa shape index (κ2) is 7.20. The molecular formula is C17H22N4O4. The highest BCUT2D eigenvalue weighted by Gasteiger charge is 2.38. The minimum absolute atomic E-state index is 0.0913. The molecule has 0 atom stereocenters. The van der Waals surface area contributed by atoms with E-state index in [1.54, 1.807) is 25.4 Å². The van der Waals surface area contributed by atoms with Crippen LogP contribution in [0, 0.1) is 5.41 Å². The van der Waals surface area contributed by atoms with Crippen molar-refractivity contribution in [1.29, 1.82) is 0 Å². The van der Waals surface area contributed by atoms with E-state index in [0.29, 0.717) is 24.4 Å². The molecule has 0 aliphatic carbocycles. The van der Waals surface area contributed by atoms with E-state index in [1.807, 2.05) is 11.8 Å². The number of nitrogens with zero attached hydrogens (tertiary/aromatic N) is 3. The third-order valence-corrected chi connectivity index (χ3v) is 4.31. The lowest BCUT2D eigenvalue weighted by Crippen LogP contribution is -2.57. The Morgan fingerprint density at radius 1 is 1.52 bits per heavy atom. The van der Waals surface area contributed by atoms with E-state index >= 15 is 0 Å². The van der Waals surface area contributed by atoms with E-state index < -0.39 is 0 Å². The van der Waals surface area contributed by atoms with Crippen LogP contribution >= 0.6 is 0 Å². The Morgan fingerprint density at radius 3 is 3.04 bits per heavy atom. The van der Waals surface area contributed by atoms with Gasteiger partial charge in [0.2, 0.25) is 0 Å². The van der Waals surface area contributed by atoms with Crippen LogP contribution in [0.4, 0.5) is 5.82 Å². The normalized spacial score (nSPS) is 15.7. The number of amides is 1. The Morgan fingerprint density at radius 2 is 2.32 bits per heavy atom. The highest BCUT2D eigenvalue weighted by molar-refractivity contribution is 5.94. The summed E-state index contributed by atoms with van der Waals surface area (Å²) in [7, 11) is 1.58. The van der Waals surface area contributed by atoms with Crippen LogP contribution < -0.4 is 10.2 Å². The molecule has 1 fully saturated rings. The molecule has 0 unspecified atom stereocenters. The Bertz CT molecular complexity index is 740. The van der Waals surface area contributed by atoms with Gasteiger partial charge in [-0.3, -0.25) is 4.79 Å². The first kappa shape index (κ1) is 17.4. The predicted molar refractivity (Wildman–Crippen MR) is 90.0 cm³/mol. The molecule has 2 aromatic heterocycles. The van der Waals surface area contributed by atoms with Crippen molar-refractivity contribution >= 4 is 11.7 Å². The van der Waals surface area contributed by atoms with Crippen LogP contribution in [0.15, 0.2) is 29.1 Å². The molecule has 1 aliphatic heterocycles. The van der Waals surface area contributed by atoms with Crippen molar-refractivity contribution in [3.63, 3.8) is 0 Å². The van der Waals surface area contributed by atoms with Gasteiger partial charge in [-0.15, -0.1) is 0 Å². The first-order chi connectivity index (χ1) is 12.0. The van der Waals surface area contributed by atoms with E-state index in [4.69, 9.17) is 9.26 Å². The summed E-state index contributed by atoms with van der Waals surface area (Å²) < 4.78 is 9.96. The average Bonchev–Trinajstić information content (AvgIpc) is 3.04. The van der Waals surface area contributed by atoms with Gasteiger partial charge < -0.3 is 24.6 Å². The topological polar surface area (TPSA) is 101 Å². The van der Waals surface area contributed by atoms with Crippen LogP contribution in [0.25, 0.3) is 0 Å². The molecule has 1 aliphatic rings. The number of aliphatic hydroxyl groups is 1. The maximum Gasteiger partial charge on any atom is 0.251 e. The standard InChI is InChI=1S/C17H22N4O4/c1-17(11-22)9-21(10-17)15-5-12(3-4-18-15)16(23)19-6-13-7-25-20-14(13)8-24-2/h3-5,7,22H,6,8-11H2,1-2H3,(H,19,23). The van der Waals surface area contributed by atoms with Gasteiger partial charge in [-0.2, -0.15) is 0 Å². The summed E-state index contributed by atoms with van der Waals surface area (Å²) in [6.45, 7) is 4.26. The molecular weight excluding hydrogens is 324 g/mol. The number of pyridine rings is 1. The molecule has 0 radical (unpaired) electrons. The van der Waals surface area contributed by atoms with Crippen LogP contribution in [0.5, 0.6) is 0 Å². The molecule has 1 amide bonds. The maximum atomic E-state index is 12.4. The summed E-state index contributed by atoms with van der Waals surface area (Å²) in [5, 5.41) is 16.0. The van der Waals surface area contributed by atoms with Gasteiger partial charge in [-0.05, 0) is 12.1 Å². The van der Waals surface area contributed by atoms with Gasteiger partial charge in [0, 0.05) is 49.5 Å². The largest absolute Gasteiger partial charge is 0.396 e. The first-order valence-corrected chi connectivity index (χ1v) is 8.06. The number of aromatic nitrogens is 2. The highest BCUT2D eigenvalue weighted by atomic mass is 16.5. The van der Waals surface area contributed by atoms with Gasteiger partial charge >= 0.3 is 0 Å². The van der Waals surface area contributed by atoms with Crippen LogP contribution in [0.1, 0.15) is 28.5 Å². The Kier molecular flexibility index (Phi) is 5.00. The van der Waals surface area contributed by atoms with E-state index in [-0.39, 0.29) is 17.9 Å². The van der Waals surface area contributed by atoms with Gasteiger partial charge in [-0.25, -0.2) is 4.98 Å². The van der Waals surface area contributed by atoms with Crippen LogP contribution in [-0.2, 0) is 17.9 Å². The zero-order valence-corrected chi connectivity index (χ0v) is 14.4. The minimum Gasteiger partial charge on any atom is -0.396 e. The molecule has 134 valence electrons. The molecule has 0 aromatic carbocycles. The second-order valence-corrected chi connectivity index (χ2v) is 6.63. The van der Waals surface area contributed by atoms with Gasteiger partial charge in [0.05, 0.1) is 13.2 Å². The third-order valence-electron chi connectivity index (χ3n) is 4.31. The molecule has 3 rings (SSSR count). The van der Waals surface area contributed by atoms with Crippen molar-refractivity contribution in [2.24, 2.45) is 5.41 Å². The van der Waals surface area contributed by atoms with E-state index in [9.17, 15) is 9.90 Å². The van der Waals surface area contributed by atoms with Crippen LogP contribution in [0.2, 0.25) is 0 Å². The first-order valence-electron chi connectivity index (χ1n) is 8.06. The van der Waals surface area contributed by atoms with E-state index in [2.05, 4.69) is 15.5 Å². The molecule has 2 N–H and O–H groups in total. The number of carbonyl (C=O) groups is 1. The number of hydrogen-bond donors (Lipinski definition) is 2. The zero-order valence-electron chi connectivity index (χ0n) is 14.4.